The fourth-order valence-corrected chi connectivity index (χ4v) is 3.81. The van der Waals surface area contributed by atoms with Crippen LogP contribution < -0.4 is 4.90 Å². The predicted octanol–water partition coefficient (Wildman–Crippen LogP) is 3.24. The van der Waals surface area contributed by atoms with E-state index in [2.05, 4.69) is 36.1 Å². The third-order valence-corrected chi connectivity index (χ3v) is 5.00. The van der Waals surface area contributed by atoms with Gasteiger partial charge in [0.15, 0.2) is 0 Å². The number of hydrogen-bond acceptors (Lipinski definition) is 2. The molecule has 1 aliphatic heterocycles. The van der Waals surface area contributed by atoms with Gasteiger partial charge in [-0.3, -0.25) is 0 Å². The standard InChI is InChI=1S/C17H25NO/c1-13(12-19)17-10-15-8-4-5-9-16(15)18(17)11-14-6-2-3-7-14/h4-5,8-9,13-14,17,19H,2-3,6-7,10-12H2,1H3. The molecule has 1 fully saturated rings. The van der Waals surface area contributed by atoms with Crippen molar-refractivity contribution in [1.82, 2.24) is 0 Å². The zero-order valence-corrected chi connectivity index (χ0v) is 11.9. The SMILES string of the molecule is CC(CO)C1Cc2ccccc2N1CC1CCCC1. The van der Waals surface area contributed by atoms with Crippen LogP contribution in [0.5, 0.6) is 0 Å². The molecule has 19 heavy (non-hydrogen) atoms. The van der Waals surface area contributed by atoms with Crippen molar-refractivity contribution in [3.63, 3.8) is 0 Å². The Hall–Kier alpha value is -1.02. The molecule has 1 saturated carbocycles. The molecule has 1 aromatic carbocycles. The number of anilines is 1. The summed E-state index contributed by atoms with van der Waals surface area (Å²) in [5.41, 5.74) is 2.88. The highest BCUT2D eigenvalue weighted by Gasteiger charge is 2.34. The first-order valence-corrected chi connectivity index (χ1v) is 7.75. The third-order valence-electron chi connectivity index (χ3n) is 5.00. The molecule has 0 aromatic heterocycles. The van der Waals surface area contributed by atoms with E-state index in [1.165, 1.54) is 43.5 Å². The summed E-state index contributed by atoms with van der Waals surface area (Å²) in [7, 11) is 0. The van der Waals surface area contributed by atoms with Crippen LogP contribution in [0.25, 0.3) is 0 Å². The maximum atomic E-state index is 9.53. The van der Waals surface area contributed by atoms with Gasteiger partial charge in [-0.05, 0) is 42.7 Å². The minimum atomic E-state index is 0.291. The zero-order valence-electron chi connectivity index (χ0n) is 11.9. The van der Waals surface area contributed by atoms with Gasteiger partial charge in [-0.1, -0.05) is 38.0 Å². The van der Waals surface area contributed by atoms with Crippen molar-refractivity contribution < 1.29 is 5.11 Å². The van der Waals surface area contributed by atoms with Crippen LogP contribution in [0.1, 0.15) is 38.2 Å². The van der Waals surface area contributed by atoms with Crippen molar-refractivity contribution in [1.29, 1.82) is 0 Å². The van der Waals surface area contributed by atoms with E-state index >= 15 is 0 Å². The highest BCUT2D eigenvalue weighted by molar-refractivity contribution is 5.59. The van der Waals surface area contributed by atoms with Crippen LogP contribution in [0.4, 0.5) is 5.69 Å². The molecule has 0 radical (unpaired) electrons. The smallest absolute Gasteiger partial charge is 0.0476 e. The molecule has 1 N–H and O–H groups in total. The second-order valence-corrected chi connectivity index (χ2v) is 6.36. The minimum Gasteiger partial charge on any atom is -0.396 e. The highest BCUT2D eigenvalue weighted by Crippen LogP contribution is 2.37. The van der Waals surface area contributed by atoms with Crippen LogP contribution in [-0.2, 0) is 6.42 Å². The molecule has 1 heterocycles. The van der Waals surface area contributed by atoms with Crippen LogP contribution >= 0.6 is 0 Å². The van der Waals surface area contributed by atoms with Crippen molar-refractivity contribution in [2.75, 3.05) is 18.1 Å². The molecule has 104 valence electrons. The molecular formula is C17H25NO. The largest absolute Gasteiger partial charge is 0.396 e. The first-order valence-electron chi connectivity index (χ1n) is 7.75. The highest BCUT2D eigenvalue weighted by atomic mass is 16.3. The van der Waals surface area contributed by atoms with Crippen molar-refractivity contribution >= 4 is 5.69 Å². The molecule has 2 atom stereocenters. The van der Waals surface area contributed by atoms with Gasteiger partial charge in [0.05, 0.1) is 0 Å². The van der Waals surface area contributed by atoms with Crippen LogP contribution in [0.3, 0.4) is 0 Å². The van der Waals surface area contributed by atoms with Gasteiger partial charge in [0.1, 0.15) is 0 Å². The summed E-state index contributed by atoms with van der Waals surface area (Å²) in [5, 5.41) is 9.53. The summed E-state index contributed by atoms with van der Waals surface area (Å²) in [6.07, 6.45) is 6.68. The van der Waals surface area contributed by atoms with Gasteiger partial charge in [0.25, 0.3) is 0 Å². The third kappa shape index (κ3) is 2.51. The number of rotatable bonds is 4. The number of aliphatic hydroxyl groups is 1. The molecule has 0 saturated heterocycles. The van der Waals surface area contributed by atoms with Crippen LogP contribution in [0.15, 0.2) is 24.3 Å². The molecule has 1 aromatic rings. The Kier molecular flexibility index (Phi) is 3.79. The Morgan fingerprint density at radius 1 is 1.26 bits per heavy atom. The maximum absolute atomic E-state index is 9.53. The summed E-state index contributed by atoms with van der Waals surface area (Å²) in [5.74, 6) is 1.22. The lowest BCUT2D eigenvalue weighted by Crippen LogP contribution is -2.41. The lowest BCUT2D eigenvalue weighted by Gasteiger charge is -2.33. The summed E-state index contributed by atoms with van der Waals surface area (Å²) >= 11 is 0. The Bertz CT molecular complexity index is 425. The fraction of sp³-hybridized carbons (Fsp3) is 0.647. The van der Waals surface area contributed by atoms with E-state index in [4.69, 9.17) is 0 Å². The number of benzene rings is 1. The van der Waals surface area contributed by atoms with Gasteiger partial charge in [-0.25, -0.2) is 0 Å². The normalized spacial score (nSPS) is 24.7. The second kappa shape index (κ2) is 5.54. The van der Waals surface area contributed by atoms with Crippen molar-refractivity contribution in [2.45, 2.75) is 45.1 Å². The van der Waals surface area contributed by atoms with Crippen LogP contribution in [0.2, 0.25) is 0 Å². The summed E-state index contributed by atoms with van der Waals surface area (Å²) in [4.78, 5) is 2.59. The molecule has 2 unspecified atom stereocenters. The van der Waals surface area contributed by atoms with Crippen LogP contribution in [-0.4, -0.2) is 24.3 Å². The molecule has 2 heteroatoms. The maximum Gasteiger partial charge on any atom is 0.0476 e. The Morgan fingerprint density at radius 2 is 2.00 bits per heavy atom. The van der Waals surface area contributed by atoms with E-state index in [0.29, 0.717) is 18.6 Å². The molecule has 0 spiro atoms. The fourth-order valence-electron chi connectivity index (χ4n) is 3.81. The van der Waals surface area contributed by atoms with Gasteiger partial charge in [0, 0.05) is 24.9 Å². The van der Waals surface area contributed by atoms with Crippen molar-refractivity contribution in [3.8, 4) is 0 Å². The lowest BCUT2D eigenvalue weighted by molar-refractivity contribution is 0.213. The molecule has 0 amide bonds. The minimum absolute atomic E-state index is 0.291. The average Bonchev–Trinajstić information content (AvgIpc) is 3.07. The Labute approximate surface area is 116 Å². The molecule has 2 aliphatic rings. The topological polar surface area (TPSA) is 23.5 Å². The van der Waals surface area contributed by atoms with Crippen molar-refractivity contribution in [3.05, 3.63) is 29.8 Å². The number of nitrogens with zero attached hydrogens (tertiary/aromatic N) is 1. The van der Waals surface area contributed by atoms with Gasteiger partial charge < -0.3 is 10.0 Å². The van der Waals surface area contributed by atoms with Gasteiger partial charge >= 0.3 is 0 Å². The Balaban J connectivity index is 1.82. The second-order valence-electron chi connectivity index (χ2n) is 6.36. The van der Waals surface area contributed by atoms with E-state index in [0.717, 1.165) is 12.3 Å². The number of hydrogen-bond donors (Lipinski definition) is 1. The quantitative estimate of drug-likeness (QED) is 0.897. The molecule has 3 rings (SSSR count). The van der Waals surface area contributed by atoms with E-state index in [-0.39, 0.29) is 0 Å². The predicted molar refractivity (Wildman–Crippen MR) is 79.5 cm³/mol. The summed E-state index contributed by atoms with van der Waals surface area (Å²) < 4.78 is 0. The van der Waals surface area contributed by atoms with E-state index in [1.54, 1.807) is 0 Å². The van der Waals surface area contributed by atoms with Gasteiger partial charge in [-0.15, -0.1) is 0 Å². The van der Waals surface area contributed by atoms with E-state index in [1.807, 2.05) is 0 Å². The summed E-state index contributed by atoms with van der Waals surface area (Å²) in [6, 6.07) is 9.28. The number of para-hydroxylation sites is 1. The monoisotopic (exact) mass is 259 g/mol. The molecule has 0 bridgehead atoms. The van der Waals surface area contributed by atoms with Gasteiger partial charge in [-0.2, -0.15) is 0 Å². The number of fused-ring (bicyclic) bond motifs is 1. The Morgan fingerprint density at radius 3 is 2.74 bits per heavy atom. The average molecular weight is 259 g/mol. The van der Waals surface area contributed by atoms with E-state index in [9.17, 15) is 5.11 Å². The van der Waals surface area contributed by atoms with Crippen molar-refractivity contribution in [2.24, 2.45) is 11.8 Å². The van der Waals surface area contributed by atoms with E-state index < -0.39 is 0 Å². The zero-order chi connectivity index (χ0) is 13.2. The number of aliphatic hydroxyl groups excluding tert-OH is 1. The lowest BCUT2D eigenvalue weighted by atomic mass is 9.98. The molecular weight excluding hydrogens is 234 g/mol. The summed E-state index contributed by atoms with van der Waals surface area (Å²) in [6.45, 7) is 3.66. The first-order chi connectivity index (χ1) is 9.29. The molecule has 1 aliphatic carbocycles. The molecule has 2 nitrogen and oxygen atoms in total. The van der Waals surface area contributed by atoms with Gasteiger partial charge in [0.2, 0.25) is 0 Å². The van der Waals surface area contributed by atoms with Crippen LogP contribution in [0, 0.1) is 11.8 Å². The first kappa shape index (κ1) is 13.0.